The van der Waals surface area contributed by atoms with E-state index >= 15 is 0 Å². The number of alkyl halides is 3. The molecule has 0 aliphatic carbocycles. The topological polar surface area (TPSA) is 44.4 Å². The van der Waals surface area contributed by atoms with Gasteiger partial charge in [-0.2, -0.15) is 13.2 Å². The smallest absolute Gasteiger partial charge is 0.382 e. The van der Waals surface area contributed by atoms with Crippen molar-refractivity contribution in [2.75, 3.05) is 36.8 Å². The largest absolute Gasteiger partial charge is 0.406 e. The summed E-state index contributed by atoms with van der Waals surface area (Å²) < 4.78 is 37.3. The van der Waals surface area contributed by atoms with Gasteiger partial charge in [0.2, 0.25) is 0 Å². The number of hydrogen-bond acceptors (Lipinski definition) is 3. The van der Waals surface area contributed by atoms with Crippen molar-refractivity contribution in [2.24, 2.45) is 0 Å². The fourth-order valence-corrected chi connectivity index (χ4v) is 2.10. The Labute approximate surface area is 114 Å². The predicted molar refractivity (Wildman–Crippen MR) is 71.1 cm³/mol. The molecular formula is C13H16F3N3O. The van der Waals surface area contributed by atoms with E-state index in [9.17, 15) is 18.0 Å². The minimum atomic E-state index is -4.39. The molecule has 0 saturated heterocycles. The van der Waals surface area contributed by atoms with Gasteiger partial charge in [-0.1, -0.05) is 0 Å². The van der Waals surface area contributed by atoms with Crippen LogP contribution in [0.25, 0.3) is 0 Å². The zero-order valence-corrected chi connectivity index (χ0v) is 11.0. The normalized spacial score (nSPS) is 14.0. The lowest BCUT2D eigenvalue weighted by Gasteiger charge is -2.24. The van der Waals surface area contributed by atoms with Crippen molar-refractivity contribution in [2.45, 2.75) is 13.1 Å². The van der Waals surface area contributed by atoms with Gasteiger partial charge in [0.15, 0.2) is 0 Å². The first-order chi connectivity index (χ1) is 9.40. The van der Waals surface area contributed by atoms with E-state index in [-0.39, 0.29) is 12.1 Å². The zero-order chi connectivity index (χ0) is 14.8. The molecule has 0 fully saturated rings. The monoisotopic (exact) mass is 287 g/mol. The van der Waals surface area contributed by atoms with Gasteiger partial charge < -0.3 is 15.5 Å². The van der Waals surface area contributed by atoms with E-state index in [0.717, 1.165) is 22.8 Å². The summed E-state index contributed by atoms with van der Waals surface area (Å²) in [6, 6.07) is 4.83. The van der Waals surface area contributed by atoms with Crippen molar-refractivity contribution in [3.8, 4) is 0 Å². The molecule has 0 aromatic heterocycles. The molecule has 4 nitrogen and oxygen atoms in total. The summed E-state index contributed by atoms with van der Waals surface area (Å²) in [5.41, 5.74) is 1.85. The Morgan fingerprint density at radius 1 is 1.25 bits per heavy atom. The van der Waals surface area contributed by atoms with Crippen molar-refractivity contribution in [1.29, 1.82) is 0 Å². The maximum atomic E-state index is 12.4. The Kier molecular flexibility index (Phi) is 4.06. The summed E-state index contributed by atoms with van der Waals surface area (Å²) in [6.45, 7) is 1.80. The second-order valence-electron chi connectivity index (χ2n) is 4.55. The molecule has 1 amide bonds. The lowest BCUT2D eigenvalue weighted by molar-refractivity contribution is -0.140. The highest BCUT2D eigenvalue weighted by molar-refractivity contribution is 5.96. The van der Waals surface area contributed by atoms with Crippen LogP contribution in [-0.4, -0.2) is 43.2 Å². The van der Waals surface area contributed by atoms with E-state index < -0.39 is 18.6 Å². The maximum absolute atomic E-state index is 12.4. The fourth-order valence-electron chi connectivity index (χ4n) is 2.10. The fraction of sp³-hybridized carbons (Fsp3) is 0.462. The first-order valence-corrected chi connectivity index (χ1v) is 6.38. The number of fused-ring (bicyclic) bond motifs is 1. The van der Waals surface area contributed by atoms with Crippen LogP contribution in [0.5, 0.6) is 0 Å². The lowest BCUT2D eigenvalue weighted by atomic mass is 10.1. The summed E-state index contributed by atoms with van der Waals surface area (Å²) >= 11 is 0. The Morgan fingerprint density at radius 2 is 1.90 bits per heavy atom. The molecule has 1 aliphatic rings. The number of nitrogens with zero attached hydrogens (tertiary/aromatic N) is 1. The molecule has 1 heterocycles. The molecule has 20 heavy (non-hydrogen) atoms. The number of halogens is 3. The van der Waals surface area contributed by atoms with Crippen molar-refractivity contribution < 1.29 is 18.0 Å². The number of benzene rings is 1. The summed E-state index contributed by atoms with van der Waals surface area (Å²) in [5, 5.41) is 6.25. The summed E-state index contributed by atoms with van der Waals surface area (Å²) in [5.74, 6) is -0.611. The van der Waals surface area contributed by atoms with Gasteiger partial charge in [0.05, 0.1) is 11.4 Å². The average molecular weight is 287 g/mol. The SMILES string of the molecule is CCN(CC(F)(F)F)C(=O)c1ccc2c(c1)NCCN2. The van der Waals surface area contributed by atoms with Crippen LogP contribution in [0.2, 0.25) is 0 Å². The molecule has 7 heteroatoms. The Bertz CT molecular complexity index is 502. The van der Waals surface area contributed by atoms with Gasteiger partial charge in [0, 0.05) is 25.2 Å². The van der Waals surface area contributed by atoms with E-state index in [1.165, 1.54) is 6.92 Å². The van der Waals surface area contributed by atoms with E-state index in [0.29, 0.717) is 6.54 Å². The van der Waals surface area contributed by atoms with Gasteiger partial charge in [0.1, 0.15) is 6.54 Å². The first-order valence-electron chi connectivity index (χ1n) is 6.38. The third-order valence-electron chi connectivity index (χ3n) is 3.06. The van der Waals surface area contributed by atoms with Crippen LogP contribution in [0.4, 0.5) is 24.5 Å². The lowest BCUT2D eigenvalue weighted by Crippen LogP contribution is -2.38. The van der Waals surface area contributed by atoms with E-state index in [2.05, 4.69) is 10.6 Å². The highest BCUT2D eigenvalue weighted by Gasteiger charge is 2.32. The van der Waals surface area contributed by atoms with Crippen molar-refractivity contribution in [3.63, 3.8) is 0 Å². The molecule has 0 atom stereocenters. The third-order valence-corrected chi connectivity index (χ3v) is 3.06. The number of rotatable bonds is 3. The van der Waals surface area contributed by atoms with Gasteiger partial charge in [-0.25, -0.2) is 0 Å². The van der Waals surface area contributed by atoms with E-state index in [4.69, 9.17) is 0 Å². The zero-order valence-electron chi connectivity index (χ0n) is 11.0. The highest BCUT2D eigenvalue weighted by Crippen LogP contribution is 2.26. The second kappa shape index (κ2) is 5.60. The van der Waals surface area contributed by atoms with Crippen molar-refractivity contribution in [1.82, 2.24) is 4.90 Å². The quantitative estimate of drug-likeness (QED) is 0.898. The Hall–Kier alpha value is -1.92. The molecular weight excluding hydrogens is 271 g/mol. The molecule has 0 spiro atoms. The summed E-state index contributed by atoms with van der Waals surface area (Å²) in [4.78, 5) is 12.9. The number of carbonyl (C=O) groups is 1. The highest BCUT2D eigenvalue weighted by atomic mass is 19.4. The van der Waals surface area contributed by atoms with Gasteiger partial charge in [-0.05, 0) is 25.1 Å². The third kappa shape index (κ3) is 3.34. The molecule has 0 saturated carbocycles. The number of anilines is 2. The van der Waals surface area contributed by atoms with E-state index in [1.807, 2.05) is 0 Å². The van der Waals surface area contributed by atoms with Gasteiger partial charge in [-0.3, -0.25) is 4.79 Å². The minimum Gasteiger partial charge on any atom is -0.382 e. The molecule has 0 bridgehead atoms. The first kappa shape index (κ1) is 14.5. The van der Waals surface area contributed by atoms with Gasteiger partial charge in [0.25, 0.3) is 5.91 Å². The van der Waals surface area contributed by atoms with Crippen LogP contribution in [0, 0.1) is 0 Å². The van der Waals surface area contributed by atoms with Crippen molar-refractivity contribution >= 4 is 17.3 Å². The maximum Gasteiger partial charge on any atom is 0.406 e. The molecule has 0 radical (unpaired) electrons. The van der Waals surface area contributed by atoms with Crippen LogP contribution in [-0.2, 0) is 0 Å². The number of nitrogens with one attached hydrogen (secondary N) is 2. The van der Waals surface area contributed by atoms with Crippen LogP contribution in [0.15, 0.2) is 18.2 Å². The Morgan fingerprint density at radius 3 is 2.50 bits per heavy atom. The van der Waals surface area contributed by atoms with E-state index in [1.54, 1.807) is 18.2 Å². The Balaban J connectivity index is 2.19. The summed E-state index contributed by atoms with van der Waals surface area (Å²) in [7, 11) is 0. The molecule has 2 rings (SSSR count). The number of carbonyl (C=O) groups excluding carboxylic acids is 1. The second-order valence-corrected chi connectivity index (χ2v) is 4.55. The van der Waals surface area contributed by atoms with Gasteiger partial charge >= 0.3 is 6.18 Å². The van der Waals surface area contributed by atoms with Crippen LogP contribution in [0.1, 0.15) is 17.3 Å². The molecule has 2 N–H and O–H groups in total. The van der Waals surface area contributed by atoms with Crippen LogP contribution in [0.3, 0.4) is 0 Å². The number of amides is 1. The molecule has 0 unspecified atom stereocenters. The minimum absolute atomic E-state index is 0.0150. The van der Waals surface area contributed by atoms with Crippen LogP contribution >= 0.6 is 0 Å². The molecule has 1 aromatic carbocycles. The van der Waals surface area contributed by atoms with Crippen LogP contribution < -0.4 is 10.6 Å². The molecule has 1 aliphatic heterocycles. The predicted octanol–water partition coefficient (Wildman–Crippen LogP) is 2.55. The standard InChI is InChI=1S/C13H16F3N3O/c1-2-19(8-13(14,15)16)12(20)9-3-4-10-11(7-9)18-6-5-17-10/h3-4,7,17-18H,2,5-6,8H2,1H3. The van der Waals surface area contributed by atoms with Crippen molar-refractivity contribution in [3.05, 3.63) is 23.8 Å². The summed E-state index contributed by atoms with van der Waals surface area (Å²) in [6.07, 6.45) is -4.39. The van der Waals surface area contributed by atoms with Gasteiger partial charge in [-0.15, -0.1) is 0 Å². The average Bonchev–Trinajstić information content (AvgIpc) is 2.42. The molecule has 1 aromatic rings. The molecule has 110 valence electrons. The number of hydrogen-bond donors (Lipinski definition) is 2.